The minimum absolute atomic E-state index is 0.201. The molecule has 0 spiro atoms. The first-order valence-electron chi connectivity index (χ1n) is 10.3. The van der Waals surface area contributed by atoms with E-state index in [2.05, 4.69) is 11.0 Å². The Morgan fingerprint density at radius 2 is 1.71 bits per heavy atom. The number of hydrogen-bond donors (Lipinski definition) is 2. The second-order valence-corrected chi connectivity index (χ2v) is 7.97. The molecule has 4 atom stereocenters. The summed E-state index contributed by atoms with van der Waals surface area (Å²) in [5.74, 6) is 2.43. The molecule has 2 fully saturated rings. The van der Waals surface area contributed by atoms with Crippen LogP contribution in [0.5, 0.6) is 11.5 Å². The van der Waals surface area contributed by atoms with Gasteiger partial charge >= 0.3 is 0 Å². The van der Waals surface area contributed by atoms with E-state index in [0.29, 0.717) is 28.9 Å². The van der Waals surface area contributed by atoms with Gasteiger partial charge in [-0.2, -0.15) is 5.26 Å². The van der Waals surface area contributed by atoms with E-state index < -0.39 is 6.10 Å². The molecule has 4 rings (SSSR count). The predicted octanol–water partition coefficient (Wildman–Crippen LogP) is 2.92. The predicted molar refractivity (Wildman–Crippen MR) is 115 cm³/mol. The van der Waals surface area contributed by atoms with Gasteiger partial charge in [0, 0.05) is 19.6 Å². The van der Waals surface area contributed by atoms with Crippen molar-refractivity contribution in [2.45, 2.75) is 31.6 Å². The fourth-order valence-electron chi connectivity index (χ4n) is 4.57. The van der Waals surface area contributed by atoms with Gasteiger partial charge in [0.05, 0.1) is 24.8 Å². The number of ether oxygens (including phenoxy) is 2. The van der Waals surface area contributed by atoms with Gasteiger partial charge in [-0.25, -0.2) is 0 Å². The quantitative estimate of drug-likeness (QED) is 0.712. The number of aliphatic hydroxyl groups excluding tert-OH is 1. The first-order chi connectivity index (χ1) is 15.1. The van der Waals surface area contributed by atoms with Crippen LogP contribution >= 0.6 is 0 Å². The van der Waals surface area contributed by atoms with Crippen molar-refractivity contribution in [3.05, 3.63) is 59.7 Å². The normalized spacial score (nSPS) is 24.8. The van der Waals surface area contributed by atoms with Gasteiger partial charge in [0.1, 0.15) is 6.10 Å². The molecule has 0 unspecified atom stereocenters. The Morgan fingerprint density at radius 3 is 2.32 bits per heavy atom. The Balaban J connectivity index is 0.000000858. The van der Waals surface area contributed by atoms with Gasteiger partial charge in [0.15, 0.2) is 11.5 Å². The Bertz CT molecular complexity index is 896. The number of benzene rings is 2. The highest BCUT2D eigenvalue weighted by molar-refractivity contribution is 5.39. The lowest BCUT2D eigenvalue weighted by atomic mass is 9.78. The van der Waals surface area contributed by atoms with Crippen LogP contribution in [0, 0.1) is 23.2 Å². The molecule has 2 aromatic carbocycles. The number of para-hydroxylation sites is 2. The highest BCUT2D eigenvalue weighted by atomic mass is 16.5. The summed E-state index contributed by atoms with van der Waals surface area (Å²) in [5.41, 5.74) is 1.92. The minimum atomic E-state index is -0.457. The summed E-state index contributed by atoms with van der Waals surface area (Å²) < 4.78 is 11.5. The average molecular weight is 424 g/mol. The van der Waals surface area contributed by atoms with Gasteiger partial charge < -0.3 is 19.7 Å². The molecule has 2 aliphatic rings. The van der Waals surface area contributed by atoms with Crippen molar-refractivity contribution in [2.24, 2.45) is 11.8 Å². The van der Waals surface area contributed by atoms with E-state index in [1.807, 2.05) is 48.5 Å². The Morgan fingerprint density at radius 1 is 1.10 bits per heavy atom. The number of aliphatic hydroxyl groups is 1. The van der Waals surface area contributed by atoms with E-state index in [9.17, 15) is 5.11 Å². The van der Waals surface area contributed by atoms with Gasteiger partial charge in [0.25, 0.3) is 6.47 Å². The van der Waals surface area contributed by atoms with Crippen LogP contribution in [-0.4, -0.2) is 54.0 Å². The summed E-state index contributed by atoms with van der Waals surface area (Å²) in [6.45, 7) is 2.65. The van der Waals surface area contributed by atoms with Crippen molar-refractivity contribution in [1.82, 2.24) is 4.90 Å². The Hall–Kier alpha value is -3.08. The summed E-state index contributed by atoms with van der Waals surface area (Å²) in [5, 5.41) is 26.5. The molecule has 2 N–H and O–H groups in total. The third kappa shape index (κ3) is 5.75. The van der Waals surface area contributed by atoms with E-state index in [4.69, 9.17) is 24.6 Å². The molecule has 164 valence electrons. The number of hydrogen-bond acceptors (Lipinski definition) is 6. The maximum absolute atomic E-state index is 10.7. The third-order valence-corrected chi connectivity index (χ3v) is 6.00. The first kappa shape index (κ1) is 22.6. The molecule has 7 heteroatoms. The number of carbonyl (C=O) groups is 1. The Labute approximate surface area is 182 Å². The zero-order chi connectivity index (χ0) is 22.2. The molecule has 1 saturated heterocycles. The third-order valence-electron chi connectivity index (χ3n) is 6.00. The van der Waals surface area contributed by atoms with Gasteiger partial charge in [-0.15, -0.1) is 0 Å². The SMILES string of the molecule is COc1ccccc1O[C@@H]1C[C@@H]2CN(Cc3ccc(C#N)cc3)C[C@@H]2C[C@H]1O.O=CO. The molecule has 0 aromatic heterocycles. The van der Waals surface area contributed by atoms with Gasteiger partial charge in [-0.3, -0.25) is 9.69 Å². The average Bonchev–Trinajstić information content (AvgIpc) is 3.16. The molecule has 1 saturated carbocycles. The molecule has 0 amide bonds. The van der Waals surface area contributed by atoms with E-state index in [1.165, 1.54) is 5.56 Å². The van der Waals surface area contributed by atoms with Gasteiger partial charge in [0.2, 0.25) is 0 Å². The van der Waals surface area contributed by atoms with E-state index in [1.54, 1.807) is 7.11 Å². The second-order valence-electron chi connectivity index (χ2n) is 7.97. The van der Waals surface area contributed by atoms with Crippen molar-refractivity contribution < 1.29 is 24.5 Å². The van der Waals surface area contributed by atoms with Gasteiger partial charge in [-0.05, 0) is 54.5 Å². The lowest BCUT2D eigenvalue weighted by molar-refractivity contribution is -0.122. The monoisotopic (exact) mass is 424 g/mol. The molecule has 1 heterocycles. The maximum Gasteiger partial charge on any atom is 0.290 e. The first-order valence-corrected chi connectivity index (χ1v) is 10.3. The topological polar surface area (TPSA) is 103 Å². The lowest BCUT2D eigenvalue weighted by Gasteiger charge is -2.35. The van der Waals surface area contributed by atoms with E-state index >= 15 is 0 Å². The van der Waals surface area contributed by atoms with Crippen LogP contribution in [0.15, 0.2) is 48.5 Å². The number of nitrogens with zero attached hydrogens (tertiary/aromatic N) is 2. The van der Waals surface area contributed by atoms with Crippen molar-refractivity contribution >= 4 is 6.47 Å². The highest BCUT2D eigenvalue weighted by Crippen LogP contribution is 2.39. The molecule has 7 nitrogen and oxygen atoms in total. The van der Waals surface area contributed by atoms with Crippen LogP contribution in [0.25, 0.3) is 0 Å². The summed E-state index contributed by atoms with van der Waals surface area (Å²) >= 11 is 0. The van der Waals surface area contributed by atoms with Crippen LogP contribution in [0.2, 0.25) is 0 Å². The summed E-state index contributed by atoms with van der Waals surface area (Å²) in [4.78, 5) is 10.8. The molecular formula is C24H28N2O5. The smallest absolute Gasteiger partial charge is 0.290 e. The molecule has 31 heavy (non-hydrogen) atoms. The highest BCUT2D eigenvalue weighted by Gasteiger charge is 2.42. The minimum Gasteiger partial charge on any atom is -0.493 e. The van der Waals surface area contributed by atoms with Crippen molar-refractivity contribution in [3.8, 4) is 17.6 Å². The maximum atomic E-state index is 10.7. The summed E-state index contributed by atoms with van der Waals surface area (Å²) in [6, 6.07) is 17.6. The van der Waals surface area contributed by atoms with Crippen LogP contribution in [-0.2, 0) is 11.3 Å². The van der Waals surface area contributed by atoms with Crippen LogP contribution in [0.4, 0.5) is 0 Å². The molecule has 0 bridgehead atoms. The van der Waals surface area contributed by atoms with E-state index in [-0.39, 0.29) is 12.6 Å². The largest absolute Gasteiger partial charge is 0.493 e. The number of likely N-dealkylation sites (tertiary alicyclic amines) is 1. The molecule has 1 aliphatic heterocycles. The second kappa shape index (κ2) is 10.8. The zero-order valence-corrected chi connectivity index (χ0v) is 17.6. The standard InChI is InChI=1S/C23H26N2O3.CH2O2/c1-27-21-4-2-3-5-22(21)28-23-11-19-15-25(14-18(19)10-20(23)26)13-17-8-6-16(12-24)7-9-17;2-1-3/h2-9,18-20,23,26H,10-11,13-15H2,1H3;1H,(H,2,3)/t18-,19+,20+,23+;/m0./s1. The van der Waals surface area contributed by atoms with Crippen LogP contribution < -0.4 is 9.47 Å². The van der Waals surface area contributed by atoms with Crippen LogP contribution in [0.1, 0.15) is 24.0 Å². The number of carboxylic acid groups (broad SMARTS) is 1. The zero-order valence-electron chi connectivity index (χ0n) is 17.6. The van der Waals surface area contributed by atoms with Crippen molar-refractivity contribution in [2.75, 3.05) is 20.2 Å². The van der Waals surface area contributed by atoms with E-state index in [0.717, 1.165) is 32.5 Å². The van der Waals surface area contributed by atoms with Crippen molar-refractivity contribution in [1.29, 1.82) is 5.26 Å². The fourth-order valence-corrected chi connectivity index (χ4v) is 4.57. The summed E-state index contributed by atoms with van der Waals surface area (Å²) in [7, 11) is 1.63. The number of fused-ring (bicyclic) bond motifs is 1. The molecule has 2 aromatic rings. The molecular weight excluding hydrogens is 396 g/mol. The number of rotatable bonds is 5. The Kier molecular flexibility index (Phi) is 7.88. The van der Waals surface area contributed by atoms with Crippen LogP contribution in [0.3, 0.4) is 0 Å². The molecule has 0 radical (unpaired) electrons. The fraction of sp³-hybridized carbons (Fsp3) is 0.417. The van der Waals surface area contributed by atoms with Crippen molar-refractivity contribution in [3.63, 3.8) is 0 Å². The summed E-state index contributed by atoms with van der Waals surface area (Å²) in [6.07, 6.45) is 0.968. The lowest BCUT2D eigenvalue weighted by Crippen LogP contribution is -2.42. The number of methoxy groups -OCH3 is 1. The van der Waals surface area contributed by atoms with Gasteiger partial charge in [-0.1, -0.05) is 24.3 Å². The number of nitriles is 1. The molecule has 1 aliphatic carbocycles.